The number of anilines is 2. The number of methoxy groups -OCH3 is 1. The smallest absolute Gasteiger partial charge is 0.257 e. The van der Waals surface area contributed by atoms with Gasteiger partial charge in [0.1, 0.15) is 5.75 Å². The Morgan fingerprint density at radius 1 is 1.19 bits per heavy atom. The number of hydrogen-bond donors (Lipinski definition) is 3. The summed E-state index contributed by atoms with van der Waals surface area (Å²) in [7, 11) is 1.57. The van der Waals surface area contributed by atoms with E-state index in [2.05, 4.69) is 20.6 Å². The molecule has 2 heterocycles. The quantitative estimate of drug-likeness (QED) is 0.676. The minimum atomic E-state index is -0.596. The number of imidazole rings is 1. The van der Waals surface area contributed by atoms with Gasteiger partial charge in [0.25, 0.3) is 5.91 Å². The van der Waals surface area contributed by atoms with Crippen LogP contribution in [0.2, 0.25) is 0 Å². The molecule has 1 aromatic heterocycles. The number of carbonyl (C=O) groups excluding carboxylic acids is 2. The number of nitrogens with one attached hydrogen (secondary N) is 3. The lowest BCUT2D eigenvalue weighted by Crippen LogP contribution is -2.26. The average Bonchev–Trinajstić information content (AvgIpc) is 3.10. The van der Waals surface area contributed by atoms with Crippen LogP contribution in [0.3, 0.4) is 0 Å². The molecule has 3 N–H and O–H groups in total. The van der Waals surface area contributed by atoms with Crippen molar-refractivity contribution < 1.29 is 14.3 Å². The summed E-state index contributed by atoms with van der Waals surface area (Å²) in [4.78, 5) is 31.9. The zero-order valence-electron chi connectivity index (χ0n) is 14.6. The molecule has 0 fully saturated rings. The van der Waals surface area contributed by atoms with Crippen LogP contribution in [0.4, 0.5) is 11.6 Å². The topological polar surface area (TPSA) is 96.1 Å². The van der Waals surface area contributed by atoms with Crippen LogP contribution in [0.25, 0.3) is 11.0 Å². The Balaban J connectivity index is 1.62. The molecule has 7 heteroatoms. The van der Waals surface area contributed by atoms with Gasteiger partial charge in [0.15, 0.2) is 0 Å². The summed E-state index contributed by atoms with van der Waals surface area (Å²) in [6, 6.07) is 10.5. The van der Waals surface area contributed by atoms with E-state index in [1.54, 1.807) is 31.4 Å². The lowest BCUT2D eigenvalue weighted by molar-refractivity contribution is -0.119. The first-order valence-corrected chi connectivity index (χ1v) is 8.19. The first-order valence-electron chi connectivity index (χ1n) is 8.19. The predicted octanol–water partition coefficient (Wildman–Crippen LogP) is 3.05. The number of ether oxygens (including phenoxy) is 1. The molecule has 0 saturated heterocycles. The number of rotatable bonds is 3. The van der Waals surface area contributed by atoms with Gasteiger partial charge in [-0.1, -0.05) is 0 Å². The van der Waals surface area contributed by atoms with E-state index in [-0.39, 0.29) is 11.8 Å². The fraction of sp³-hybridized carbons (Fsp3) is 0.211. The molecular weight excluding hydrogens is 332 g/mol. The van der Waals surface area contributed by atoms with E-state index in [1.807, 2.05) is 26.0 Å². The SMILES string of the molecule is COc1ccc(C(=O)Nc2nc3cc4c(cc3[nH]2)C(C)(C)C(=O)N4)cc1. The molecule has 132 valence electrons. The highest BCUT2D eigenvalue weighted by molar-refractivity contribution is 6.08. The first-order chi connectivity index (χ1) is 12.4. The van der Waals surface area contributed by atoms with Gasteiger partial charge in [-0.3, -0.25) is 14.9 Å². The number of benzene rings is 2. The zero-order valence-corrected chi connectivity index (χ0v) is 14.6. The van der Waals surface area contributed by atoms with Crippen LogP contribution in [0.5, 0.6) is 5.75 Å². The monoisotopic (exact) mass is 350 g/mol. The third-order valence-electron chi connectivity index (χ3n) is 4.69. The van der Waals surface area contributed by atoms with Gasteiger partial charge in [-0.25, -0.2) is 4.98 Å². The maximum Gasteiger partial charge on any atom is 0.257 e. The van der Waals surface area contributed by atoms with E-state index in [0.717, 1.165) is 16.8 Å². The van der Waals surface area contributed by atoms with Crippen molar-refractivity contribution in [1.29, 1.82) is 0 Å². The molecular formula is C19H18N4O3. The maximum atomic E-state index is 12.4. The Morgan fingerprint density at radius 2 is 1.92 bits per heavy atom. The number of carbonyl (C=O) groups is 2. The molecule has 0 spiro atoms. The van der Waals surface area contributed by atoms with Crippen LogP contribution in [0.1, 0.15) is 29.8 Å². The molecule has 26 heavy (non-hydrogen) atoms. The lowest BCUT2D eigenvalue weighted by Gasteiger charge is -2.14. The molecule has 0 bridgehead atoms. The molecule has 7 nitrogen and oxygen atoms in total. The van der Waals surface area contributed by atoms with Gasteiger partial charge in [0.05, 0.1) is 23.6 Å². The van der Waals surface area contributed by atoms with Crippen molar-refractivity contribution >= 4 is 34.5 Å². The van der Waals surface area contributed by atoms with Gasteiger partial charge in [0, 0.05) is 11.3 Å². The van der Waals surface area contributed by atoms with Gasteiger partial charge in [-0.2, -0.15) is 0 Å². The first kappa shape index (κ1) is 16.1. The maximum absolute atomic E-state index is 12.4. The van der Waals surface area contributed by atoms with Gasteiger partial charge in [-0.05, 0) is 55.8 Å². The van der Waals surface area contributed by atoms with Crippen molar-refractivity contribution in [3.8, 4) is 5.75 Å². The van der Waals surface area contributed by atoms with Crippen LogP contribution in [-0.2, 0) is 10.2 Å². The van der Waals surface area contributed by atoms with Crippen LogP contribution >= 0.6 is 0 Å². The van der Waals surface area contributed by atoms with Crippen LogP contribution < -0.4 is 15.4 Å². The number of aromatic nitrogens is 2. The molecule has 0 radical (unpaired) electrons. The predicted molar refractivity (Wildman–Crippen MR) is 98.7 cm³/mol. The number of nitrogens with zero attached hydrogens (tertiary/aromatic N) is 1. The summed E-state index contributed by atoms with van der Waals surface area (Å²) in [6.07, 6.45) is 0. The Morgan fingerprint density at radius 3 is 2.62 bits per heavy atom. The summed E-state index contributed by atoms with van der Waals surface area (Å²) in [6.45, 7) is 3.76. The molecule has 2 amide bonds. The van der Waals surface area contributed by atoms with E-state index < -0.39 is 5.41 Å². The minimum absolute atomic E-state index is 0.0341. The zero-order chi connectivity index (χ0) is 18.5. The van der Waals surface area contributed by atoms with Crippen molar-refractivity contribution in [3.63, 3.8) is 0 Å². The molecule has 4 rings (SSSR count). The number of fused-ring (bicyclic) bond motifs is 2. The lowest BCUT2D eigenvalue weighted by atomic mass is 9.86. The number of hydrogen-bond acceptors (Lipinski definition) is 4. The summed E-state index contributed by atoms with van der Waals surface area (Å²) in [5.41, 5.74) is 3.01. The second-order valence-corrected chi connectivity index (χ2v) is 6.76. The number of aromatic amines is 1. The van der Waals surface area contributed by atoms with E-state index in [1.165, 1.54) is 0 Å². The fourth-order valence-corrected chi connectivity index (χ4v) is 3.06. The van der Waals surface area contributed by atoms with Crippen molar-refractivity contribution in [3.05, 3.63) is 47.5 Å². The van der Waals surface area contributed by atoms with Crippen molar-refractivity contribution in [2.75, 3.05) is 17.7 Å². The van der Waals surface area contributed by atoms with Gasteiger partial charge >= 0.3 is 0 Å². The van der Waals surface area contributed by atoms with Crippen molar-refractivity contribution in [2.45, 2.75) is 19.3 Å². The van der Waals surface area contributed by atoms with Gasteiger partial charge in [0.2, 0.25) is 11.9 Å². The summed E-state index contributed by atoms with van der Waals surface area (Å²) in [5, 5.41) is 5.63. The Kier molecular flexibility index (Phi) is 3.47. The largest absolute Gasteiger partial charge is 0.497 e. The second kappa shape index (κ2) is 5.59. The molecule has 0 atom stereocenters. The second-order valence-electron chi connectivity index (χ2n) is 6.76. The standard InChI is InChI=1S/C19H18N4O3/c1-19(2)12-8-14-15(9-13(12)20-17(19)25)22-18(21-14)23-16(24)10-4-6-11(26-3)7-5-10/h4-9H,1-3H3,(H,20,25)(H2,21,22,23,24). The summed E-state index contributed by atoms with van der Waals surface area (Å²) >= 11 is 0. The Hall–Kier alpha value is -3.35. The fourth-order valence-electron chi connectivity index (χ4n) is 3.06. The highest BCUT2D eigenvalue weighted by atomic mass is 16.5. The molecule has 0 aliphatic carbocycles. The molecule has 1 aliphatic heterocycles. The summed E-state index contributed by atoms with van der Waals surface area (Å²) in [5.74, 6) is 0.735. The van der Waals surface area contributed by atoms with E-state index in [0.29, 0.717) is 22.8 Å². The van der Waals surface area contributed by atoms with E-state index in [4.69, 9.17) is 4.74 Å². The third-order valence-corrected chi connectivity index (χ3v) is 4.69. The normalized spacial score (nSPS) is 14.8. The molecule has 2 aromatic carbocycles. The molecule has 0 saturated carbocycles. The van der Waals surface area contributed by atoms with E-state index >= 15 is 0 Å². The highest BCUT2D eigenvalue weighted by Gasteiger charge is 2.38. The number of amides is 2. The third kappa shape index (κ3) is 2.48. The number of H-pyrrole nitrogens is 1. The minimum Gasteiger partial charge on any atom is -0.497 e. The van der Waals surface area contributed by atoms with Crippen LogP contribution in [-0.4, -0.2) is 28.9 Å². The molecule has 0 unspecified atom stereocenters. The Labute approximate surface area is 149 Å². The van der Waals surface area contributed by atoms with Crippen molar-refractivity contribution in [2.24, 2.45) is 0 Å². The molecule has 3 aromatic rings. The average molecular weight is 350 g/mol. The van der Waals surface area contributed by atoms with Crippen molar-refractivity contribution in [1.82, 2.24) is 9.97 Å². The Bertz CT molecular complexity index is 1030. The highest BCUT2D eigenvalue weighted by Crippen LogP contribution is 2.39. The van der Waals surface area contributed by atoms with Crippen LogP contribution in [0, 0.1) is 0 Å². The van der Waals surface area contributed by atoms with Gasteiger partial charge in [-0.15, -0.1) is 0 Å². The van der Waals surface area contributed by atoms with E-state index in [9.17, 15) is 9.59 Å². The summed E-state index contributed by atoms with van der Waals surface area (Å²) < 4.78 is 5.09. The van der Waals surface area contributed by atoms with Crippen LogP contribution in [0.15, 0.2) is 36.4 Å². The molecule has 1 aliphatic rings. The van der Waals surface area contributed by atoms with Gasteiger partial charge < -0.3 is 15.0 Å².